The maximum Gasteiger partial charge on any atom is 0.337 e. The van der Waals surface area contributed by atoms with Gasteiger partial charge in [-0.25, -0.2) is 22.6 Å². The first-order valence-electron chi connectivity index (χ1n) is 5.24. The fourth-order valence-electron chi connectivity index (χ4n) is 1.40. The topological polar surface area (TPSA) is 85.4 Å². The number of nitrogens with zero attached hydrogens (tertiary/aromatic N) is 1. The van der Waals surface area contributed by atoms with Crippen LogP contribution in [-0.4, -0.2) is 26.5 Å². The largest absolute Gasteiger partial charge is 0.465 e. The molecule has 0 fully saturated rings. The third-order valence-corrected chi connectivity index (χ3v) is 4.47. The number of ether oxygens (including phenoxy) is 1. The average Bonchev–Trinajstić information content (AvgIpc) is 2.90. The van der Waals surface area contributed by atoms with E-state index in [-0.39, 0.29) is 10.7 Å². The number of methoxy groups -OCH3 is 1. The van der Waals surface area contributed by atoms with Gasteiger partial charge in [0.05, 0.1) is 12.7 Å². The predicted octanol–water partition coefficient (Wildman–Crippen LogP) is 1.87. The van der Waals surface area contributed by atoms with Crippen LogP contribution in [0.15, 0.2) is 34.7 Å². The quantitative estimate of drug-likeness (QED) is 0.870. The van der Waals surface area contributed by atoms with Gasteiger partial charge in [-0.1, -0.05) is 0 Å². The van der Waals surface area contributed by atoms with Crippen LogP contribution in [0, 0.1) is 5.82 Å². The van der Waals surface area contributed by atoms with E-state index in [1.807, 2.05) is 0 Å². The number of thiazole rings is 1. The molecular formula is C11H9FN2O4S2. The normalized spacial score (nSPS) is 11.1. The van der Waals surface area contributed by atoms with Gasteiger partial charge in [-0.3, -0.25) is 4.72 Å². The van der Waals surface area contributed by atoms with Gasteiger partial charge in [0, 0.05) is 11.6 Å². The minimum Gasteiger partial charge on any atom is -0.465 e. The first-order chi connectivity index (χ1) is 9.44. The lowest BCUT2D eigenvalue weighted by molar-refractivity contribution is 0.0600. The van der Waals surface area contributed by atoms with Gasteiger partial charge in [0.15, 0.2) is 5.13 Å². The SMILES string of the molecule is COC(=O)c1ccc(F)c(S(=O)(=O)Nc2nccs2)c1. The Hall–Kier alpha value is -2.00. The zero-order valence-corrected chi connectivity index (χ0v) is 11.8. The second-order valence-corrected chi connectivity index (χ2v) is 6.12. The van der Waals surface area contributed by atoms with Crippen LogP contribution >= 0.6 is 11.3 Å². The van der Waals surface area contributed by atoms with E-state index in [0.29, 0.717) is 0 Å². The highest BCUT2D eigenvalue weighted by Gasteiger charge is 2.22. The Morgan fingerprint density at radius 1 is 1.45 bits per heavy atom. The Labute approximate surface area is 118 Å². The number of benzene rings is 1. The first kappa shape index (κ1) is 14.4. The molecule has 0 aliphatic heterocycles. The second-order valence-electron chi connectivity index (χ2n) is 3.58. The zero-order valence-electron chi connectivity index (χ0n) is 10.2. The summed E-state index contributed by atoms with van der Waals surface area (Å²) in [6.45, 7) is 0. The smallest absolute Gasteiger partial charge is 0.337 e. The van der Waals surface area contributed by atoms with Gasteiger partial charge in [0.2, 0.25) is 0 Å². The van der Waals surface area contributed by atoms with Crippen LogP contribution in [-0.2, 0) is 14.8 Å². The van der Waals surface area contributed by atoms with Gasteiger partial charge < -0.3 is 4.74 Å². The van der Waals surface area contributed by atoms with Crippen LogP contribution in [0.2, 0.25) is 0 Å². The van der Waals surface area contributed by atoms with Crippen LogP contribution in [0.4, 0.5) is 9.52 Å². The molecule has 2 aromatic rings. The standard InChI is InChI=1S/C11H9FN2O4S2/c1-18-10(15)7-2-3-8(12)9(6-7)20(16,17)14-11-13-4-5-19-11/h2-6H,1H3,(H,13,14). The highest BCUT2D eigenvalue weighted by atomic mass is 32.2. The second kappa shape index (κ2) is 5.55. The van der Waals surface area contributed by atoms with Crippen molar-refractivity contribution in [3.8, 4) is 0 Å². The molecule has 1 aromatic heterocycles. The molecule has 2 rings (SSSR count). The molecule has 0 saturated heterocycles. The Morgan fingerprint density at radius 2 is 2.20 bits per heavy atom. The van der Waals surface area contributed by atoms with Crippen molar-refractivity contribution >= 4 is 32.5 Å². The average molecular weight is 316 g/mol. The van der Waals surface area contributed by atoms with Crippen molar-refractivity contribution in [3.05, 3.63) is 41.2 Å². The number of carbonyl (C=O) groups is 1. The van der Waals surface area contributed by atoms with Crippen LogP contribution in [0.1, 0.15) is 10.4 Å². The summed E-state index contributed by atoms with van der Waals surface area (Å²) in [4.78, 5) is 14.5. The number of hydrogen-bond acceptors (Lipinski definition) is 6. The van der Waals surface area contributed by atoms with Crippen molar-refractivity contribution < 1.29 is 22.3 Å². The van der Waals surface area contributed by atoms with E-state index < -0.39 is 26.7 Å². The van der Waals surface area contributed by atoms with E-state index in [1.54, 1.807) is 5.38 Å². The van der Waals surface area contributed by atoms with Gasteiger partial charge in [-0.2, -0.15) is 0 Å². The number of carbonyl (C=O) groups excluding carboxylic acids is 1. The molecule has 0 radical (unpaired) electrons. The summed E-state index contributed by atoms with van der Waals surface area (Å²) in [5.41, 5.74) is -0.0617. The van der Waals surface area contributed by atoms with Crippen LogP contribution in [0.3, 0.4) is 0 Å². The molecule has 1 aromatic carbocycles. The highest BCUT2D eigenvalue weighted by molar-refractivity contribution is 7.93. The summed E-state index contributed by atoms with van der Waals surface area (Å²) in [6.07, 6.45) is 1.41. The number of aromatic nitrogens is 1. The van der Waals surface area contributed by atoms with Crippen molar-refractivity contribution in [2.75, 3.05) is 11.8 Å². The van der Waals surface area contributed by atoms with Crippen molar-refractivity contribution in [1.29, 1.82) is 0 Å². The van der Waals surface area contributed by atoms with Gasteiger partial charge in [-0.15, -0.1) is 11.3 Å². The molecule has 0 amide bonds. The van der Waals surface area contributed by atoms with Gasteiger partial charge in [0.1, 0.15) is 10.7 Å². The zero-order chi connectivity index (χ0) is 14.8. The van der Waals surface area contributed by atoms with Crippen molar-refractivity contribution in [1.82, 2.24) is 4.98 Å². The number of hydrogen-bond donors (Lipinski definition) is 1. The van der Waals surface area contributed by atoms with Crippen LogP contribution in [0.25, 0.3) is 0 Å². The molecule has 106 valence electrons. The first-order valence-corrected chi connectivity index (χ1v) is 7.60. The third-order valence-electron chi connectivity index (χ3n) is 2.30. The van der Waals surface area contributed by atoms with Gasteiger partial charge in [0.25, 0.3) is 10.0 Å². The Kier molecular flexibility index (Phi) is 4.00. The number of nitrogens with one attached hydrogen (secondary N) is 1. The molecule has 0 bridgehead atoms. The van der Waals surface area contributed by atoms with E-state index >= 15 is 0 Å². The van der Waals surface area contributed by atoms with E-state index in [4.69, 9.17) is 0 Å². The summed E-state index contributed by atoms with van der Waals surface area (Å²) in [6, 6.07) is 2.95. The number of anilines is 1. The molecule has 1 N–H and O–H groups in total. The lowest BCUT2D eigenvalue weighted by Gasteiger charge is -2.07. The molecule has 0 unspecified atom stereocenters. The summed E-state index contributed by atoms with van der Waals surface area (Å²) in [5, 5.41) is 1.67. The summed E-state index contributed by atoms with van der Waals surface area (Å²) in [7, 11) is -3.02. The molecule has 0 aliphatic rings. The molecule has 9 heteroatoms. The third kappa shape index (κ3) is 2.94. The van der Waals surface area contributed by atoms with Crippen molar-refractivity contribution in [2.24, 2.45) is 0 Å². The molecule has 0 spiro atoms. The van der Waals surface area contributed by atoms with Crippen molar-refractivity contribution in [3.63, 3.8) is 0 Å². The fourth-order valence-corrected chi connectivity index (χ4v) is 3.29. The van der Waals surface area contributed by atoms with E-state index in [0.717, 1.165) is 36.6 Å². The molecule has 0 aliphatic carbocycles. The van der Waals surface area contributed by atoms with Gasteiger partial charge >= 0.3 is 5.97 Å². The van der Waals surface area contributed by atoms with Crippen molar-refractivity contribution in [2.45, 2.75) is 4.90 Å². The lowest BCUT2D eigenvalue weighted by atomic mass is 10.2. The minimum absolute atomic E-state index is 0.0617. The summed E-state index contributed by atoms with van der Waals surface area (Å²) < 4.78 is 44.4. The molecule has 0 atom stereocenters. The van der Waals surface area contributed by atoms with E-state index in [2.05, 4.69) is 14.4 Å². The maximum atomic E-state index is 13.7. The number of rotatable bonds is 4. The highest BCUT2D eigenvalue weighted by Crippen LogP contribution is 2.21. The Bertz CT molecular complexity index is 729. The number of halogens is 1. The maximum absolute atomic E-state index is 13.7. The molecule has 20 heavy (non-hydrogen) atoms. The number of esters is 1. The summed E-state index contributed by atoms with van der Waals surface area (Å²) in [5.74, 6) is -1.72. The lowest BCUT2D eigenvalue weighted by Crippen LogP contribution is -2.15. The fraction of sp³-hybridized carbons (Fsp3) is 0.0909. The molecule has 0 saturated carbocycles. The van der Waals surface area contributed by atoms with Crippen LogP contribution < -0.4 is 4.72 Å². The van der Waals surface area contributed by atoms with E-state index in [1.165, 1.54) is 6.20 Å². The molecular weight excluding hydrogens is 307 g/mol. The summed E-state index contributed by atoms with van der Waals surface area (Å²) >= 11 is 1.05. The number of sulfonamides is 1. The Balaban J connectivity index is 2.42. The van der Waals surface area contributed by atoms with Gasteiger partial charge in [-0.05, 0) is 18.2 Å². The molecule has 6 nitrogen and oxygen atoms in total. The minimum atomic E-state index is -4.16. The predicted molar refractivity (Wildman–Crippen MR) is 70.7 cm³/mol. The van der Waals surface area contributed by atoms with Crippen LogP contribution in [0.5, 0.6) is 0 Å². The monoisotopic (exact) mass is 316 g/mol. The Morgan fingerprint density at radius 3 is 2.80 bits per heavy atom. The van der Waals surface area contributed by atoms with E-state index in [9.17, 15) is 17.6 Å². The molecule has 1 heterocycles.